The molecule has 0 unspecified atom stereocenters. The number of fused-ring (bicyclic) bond motifs is 1. The lowest BCUT2D eigenvalue weighted by atomic mass is 9.97. The number of para-hydroxylation sites is 1. The fourth-order valence-electron chi connectivity index (χ4n) is 3.74. The van der Waals surface area contributed by atoms with E-state index in [0.717, 1.165) is 33.3 Å². The monoisotopic (exact) mass is 464 g/mol. The Labute approximate surface area is 197 Å². The molecule has 0 bridgehead atoms. The van der Waals surface area contributed by atoms with Crippen LogP contribution in [0.4, 0.5) is 0 Å². The van der Waals surface area contributed by atoms with Crippen LogP contribution >= 0.6 is 23.2 Å². The Morgan fingerprint density at radius 2 is 1.78 bits per heavy atom. The summed E-state index contributed by atoms with van der Waals surface area (Å²) in [7, 11) is 1.64. The van der Waals surface area contributed by atoms with Gasteiger partial charge in [-0.15, -0.1) is 0 Å². The Kier molecular flexibility index (Phi) is 6.63. The van der Waals surface area contributed by atoms with E-state index in [2.05, 4.69) is 5.32 Å². The van der Waals surface area contributed by atoms with Crippen molar-refractivity contribution in [1.29, 1.82) is 0 Å². The van der Waals surface area contributed by atoms with Crippen molar-refractivity contribution in [3.63, 3.8) is 0 Å². The van der Waals surface area contributed by atoms with Crippen molar-refractivity contribution in [2.45, 2.75) is 13.3 Å². The second kappa shape index (κ2) is 9.60. The Hall–Kier alpha value is -3.08. The molecular formula is C26H22Cl2N2O2. The molecule has 0 aliphatic heterocycles. The first-order chi connectivity index (χ1) is 15.5. The maximum absolute atomic E-state index is 13.3. The van der Waals surface area contributed by atoms with Crippen LogP contribution in [-0.2, 0) is 6.42 Å². The quantitative estimate of drug-likeness (QED) is 0.354. The van der Waals surface area contributed by atoms with Gasteiger partial charge in [-0.25, -0.2) is 4.98 Å². The number of rotatable bonds is 6. The minimum Gasteiger partial charge on any atom is -0.497 e. The molecule has 0 aliphatic carbocycles. The molecule has 0 spiro atoms. The standard InChI is InChI=1S/C26H22Cl2N2O2/c1-16-24(26(31)29-14-13-17-7-10-19(32-2)11-8-17)21-5-3-4-6-23(21)30-25(16)20-12-9-18(27)15-22(20)28/h3-12,15H,13-14H2,1-2H3,(H,29,31). The highest BCUT2D eigenvalue weighted by molar-refractivity contribution is 6.36. The number of nitrogens with zero attached hydrogens (tertiary/aromatic N) is 1. The number of hydrogen-bond acceptors (Lipinski definition) is 3. The summed E-state index contributed by atoms with van der Waals surface area (Å²) in [5, 5.41) is 4.91. The second-order valence-corrected chi connectivity index (χ2v) is 8.30. The van der Waals surface area contributed by atoms with Gasteiger partial charge in [0.25, 0.3) is 5.91 Å². The van der Waals surface area contributed by atoms with Crippen LogP contribution in [0.25, 0.3) is 22.2 Å². The molecule has 0 saturated carbocycles. The number of hydrogen-bond donors (Lipinski definition) is 1. The summed E-state index contributed by atoms with van der Waals surface area (Å²) in [6, 6.07) is 20.8. The van der Waals surface area contributed by atoms with Crippen LogP contribution in [0.1, 0.15) is 21.5 Å². The Morgan fingerprint density at radius 1 is 1.03 bits per heavy atom. The minimum absolute atomic E-state index is 0.138. The van der Waals surface area contributed by atoms with Crippen molar-refractivity contribution in [3.8, 4) is 17.0 Å². The van der Waals surface area contributed by atoms with Crippen molar-refractivity contribution in [2.24, 2.45) is 0 Å². The van der Waals surface area contributed by atoms with Gasteiger partial charge in [0.1, 0.15) is 5.75 Å². The second-order valence-electron chi connectivity index (χ2n) is 7.46. The normalized spacial score (nSPS) is 10.9. The lowest BCUT2D eigenvalue weighted by Gasteiger charge is -2.16. The zero-order valence-electron chi connectivity index (χ0n) is 17.8. The molecular weight excluding hydrogens is 443 g/mol. The predicted octanol–water partition coefficient (Wildman–Crippen LogP) is 6.50. The molecule has 0 aliphatic rings. The highest BCUT2D eigenvalue weighted by Crippen LogP contribution is 2.34. The highest BCUT2D eigenvalue weighted by atomic mass is 35.5. The molecule has 4 nitrogen and oxygen atoms in total. The summed E-state index contributed by atoms with van der Waals surface area (Å²) in [5.74, 6) is 0.672. The largest absolute Gasteiger partial charge is 0.497 e. The average Bonchev–Trinajstić information content (AvgIpc) is 2.79. The van der Waals surface area contributed by atoms with Gasteiger partial charge < -0.3 is 10.1 Å². The molecule has 1 aromatic heterocycles. The number of ether oxygens (including phenoxy) is 1. The molecule has 32 heavy (non-hydrogen) atoms. The number of pyridine rings is 1. The number of halogens is 2. The van der Waals surface area contributed by atoms with E-state index in [0.29, 0.717) is 34.3 Å². The Balaban J connectivity index is 1.65. The summed E-state index contributed by atoms with van der Waals surface area (Å²) < 4.78 is 5.19. The first kappa shape index (κ1) is 22.1. The molecule has 0 radical (unpaired) electrons. The van der Waals surface area contributed by atoms with Crippen molar-refractivity contribution < 1.29 is 9.53 Å². The van der Waals surface area contributed by atoms with E-state index in [4.69, 9.17) is 32.9 Å². The lowest BCUT2D eigenvalue weighted by molar-refractivity contribution is 0.0955. The lowest BCUT2D eigenvalue weighted by Crippen LogP contribution is -2.27. The van der Waals surface area contributed by atoms with E-state index >= 15 is 0 Å². The van der Waals surface area contributed by atoms with Crippen molar-refractivity contribution in [2.75, 3.05) is 13.7 Å². The van der Waals surface area contributed by atoms with Crippen LogP contribution in [0.3, 0.4) is 0 Å². The maximum Gasteiger partial charge on any atom is 0.252 e. The third-order valence-electron chi connectivity index (χ3n) is 5.41. The van der Waals surface area contributed by atoms with E-state index in [-0.39, 0.29) is 5.91 Å². The molecule has 1 amide bonds. The molecule has 0 atom stereocenters. The van der Waals surface area contributed by atoms with Gasteiger partial charge >= 0.3 is 0 Å². The van der Waals surface area contributed by atoms with Crippen LogP contribution < -0.4 is 10.1 Å². The molecule has 1 heterocycles. The van der Waals surface area contributed by atoms with Gasteiger partial charge in [0.05, 0.1) is 28.9 Å². The van der Waals surface area contributed by atoms with E-state index in [1.54, 1.807) is 19.2 Å². The van der Waals surface area contributed by atoms with Gasteiger partial charge in [0.2, 0.25) is 0 Å². The number of nitrogens with one attached hydrogen (secondary N) is 1. The first-order valence-corrected chi connectivity index (χ1v) is 11.0. The molecule has 4 aromatic rings. The molecule has 1 N–H and O–H groups in total. The van der Waals surface area contributed by atoms with Gasteiger partial charge in [0, 0.05) is 22.5 Å². The SMILES string of the molecule is COc1ccc(CCNC(=O)c2c(C)c(-c3ccc(Cl)cc3Cl)nc3ccccc23)cc1. The number of carbonyl (C=O) groups is 1. The van der Waals surface area contributed by atoms with Crippen molar-refractivity contribution in [3.05, 3.63) is 93.5 Å². The summed E-state index contributed by atoms with van der Waals surface area (Å²) >= 11 is 12.5. The fraction of sp³-hybridized carbons (Fsp3) is 0.154. The van der Waals surface area contributed by atoms with Gasteiger partial charge in [-0.3, -0.25) is 4.79 Å². The summed E-state index contributed by atoms with van der Waals surface area (Å²) in [4.78, 5) is 18.1. The highest BCUT2D eigenvalue weighted by Gasteiger charge is 2.20. The molecule has 0 saturated heterocycles. The van der Waals surface area contributed by atoms with Crippen LogP contribution in [0.2, 0.25) is 10.0 Å². The number of aromatic nitrogens is 1. The average molecular weight is 465 g/mol. The van der Waals surface area contributed by atoms with Crippen LogP contribution in [-0.4, -0.2) is 24.5 Å². The number of carbonyl (C=O) groups excluding carboxylic acids is 1. The number of amides is 1. The van der Waals surface area contributed by atoms with E-state index in [1.165, 1.54) is 0 Å². The number of benzene rings is 3. The molecule has 4 rings (SSSR count). The number of methoxy groups -OCH3 is 1. The minimum atomic E-state index is -0.138. The zero-order chi connectivity index (χ0) is 22.7. The summed E-state index contributed by atoms with van der Waals surface area (Å²) in [6.45, 7) is 2.41. The fourth-order valence-corrected chi connectivity index (χ4v) is 4.24. The first-order valence-electron chi connectivity index (χ1n) is 10.2. The van der Waals surface area contributed by atoms with Crippen molar-refractivity contribution in [1.82, 2.24) is 10.3 Å². The van der Waals surface area contributed by atoms with E-state index in [1.807, 2.05) is 61.5 Å². The van der Waals surface area contributed by atoms with E-state index < -0.39 is 0 Å². The predicted molar refractivity (Wildman–Crippen MR) is 131 cm³/mol. The van der Waals surface area contributed by atoms with Gasteiger partial charge in [-0.1, -0.05) is 53.5 Å². The third-order valence-corrected chi connectivity index (χ3v) is 5.96. The van der Waals surface area contributed by atoms with Gasteiger partial charge in [-0.2, -0.15) is 0 Å². The van der Waals surface area contributed by atoms with Crippen LogP contribution in [0.5, 0.6) is 5.75 Å². The van der Waals surface area contributed by atoms with Crippen molar-refractivity contribution >= 4 is 40.0 Å². The molecule has 0 fully saturated rings. The smallest absolute Gasteiger partial charge is 0.252 e. The third kappa shape index (κ3) is 4.57. The summed E-state index contributed by atoms with van der Waals surface area (Å²) in [6.07, 6.45) is 0.716. The maximum atomic E-state index is 13.3. The van der Waals surface area contributed by atoms with E-state index in [9.17, 15) is 4.79 Å². The van der Waals surface area contributed by atoms with Crippen LogP contribution in [0.15, 0.2) is 66.7 Å². The van der Waals surface area contributed by atoms with Crippen LogP contribution in [0, 0.1) is 6.92 Å². The summed E-state index contributed by atoms with van der Waals surface area (Å²) in [5.41, 5.74) is 4.65. The zero-order valence-corrected chi connectivity index (χ0v) is 19.3. The topological polar surface area (TPSA) is 51.2 Å². The molecule has 162 valence electrons. The van der Waals surface area contributed by atoms with Gasteiger partial charge in [-0.05, 0) is 60.9 Å². The Morgan fingerprint density at radius 3 is 2.50 bits per heavy atom. The molecule has 3 aromatic carbocycles. The van der Waals surface area contributed by atoms with Gasteiger partial charge in [0.15, 0.2) is 0 Å². The molecule has 6 heteroatoms. The Bertz CT molecular complexity index is 1290.